The normalized spacial score (nSPS) is 13.8. The molecule has 3 heteroatoms. The van der Waals surface area contributed by atoms with Crippen molar-refractivity contribution in [2.24, 2.45) is 0 Å². The molecule has 31 heavy (non-hydrogen) atoms. The molecule has 3 aromatic rings. The minimum Gasteiger partial charge on any atom is -0.384 e. The smallest absolute Gasteiger partial charge is 0.0462 e. The van der Waals surface area contributed by atoms with E-state index in [-0.39, 0.29) is 0 Å². The SMILES string of the molecule is C=C(Cc1ccc(-c2ccc(N3CCCCC3)cc2C)cn1)NCc1cccc(C)c1. The Morgan fingerprint density at radius 1 is 1.00 bits per heavy atom. The van der Waals surface area contributed by atoms with Crippen molar-refractivity contribution in [2.45, 2.75) is 46.1 Å². The molecular weight excluding hydrogens is 378 g/mol. The lowest BCUT2D eigenvalue weighted by Crippen LogP contribution is -2.29. The van der Waals surface area contributed by atoms with Gasteiger partial charge in [0, 0.05) is 54.9 Å². The van der Waals surface area contributed by atoms with E-state index >= 15 is 0 Å². The zero-order chi connectivity index (χ0) is 21.6. The highest BCUT2D eigenvalue weighted by molar-refractivity contribution is 5.70. The fraction of sp³-hybridized carbons (Fsp3) is 0.321. The van der Waals surface area contributed by atoms with Crippen LogP contribution >= 0.6 is 0 Å². The molecule has 2 heterocycles. The van der Waals surface area contributed by atoms with Gasteiger partial charge in [0.1, 0.15) is 0 Å². The Balaban J connectivity index is 1.37. The second-order valence-corrected chi connectivity index (χ2v) is 8.71. The van der Waals surface area contributed by atoms with Crippen molar-refractivity contribution < 1.29 is 0 Å². The van der Waals surface area contributed by atoms with Gasteiger partial charge < -0.3 is 10.2 Å². The van der Waals surface area contributed by atoms with E-state index in [1.807, 2.05) is 6.20 Å². The number of nitrogens with zero attached hydrogens (tertiary/aromatic N) is 2. The van der Waals surface area contributed by atoms with Crippen molar-refractivity contribution >= 4 is 5.69 Å². The van der Waals surface area contributed by atoms with Crippen LogP contribution in [-0.2, 0) is 13.0 Å². The summed E-state index contributed by atoms with van der Waals surface area (Å²) in [6.07, 6.45) is 6.69. The summed E-state index contributed by atoms with van der Waals surface area (Å²) in [6, 6.07) is 19.7. The first-order chi connectivity index (χ1) is 15.1. The van der Waals surface area contributed by atoms with Gasteiger partial charge in [-0.25, -0.2) is 0 Å². The highest BCUT2D eigenvalue weighted by atomic mass is 15.1. The van der Waals surface area contributed by atoms with Crippen LogP contribution in [0.4, 0.5) is 5.69 Å². The molecular formula is C28H33N3. The molecule has 3 nitrogen and oxygen atoms in total. The zero-order valence-electron chi connectivity index (χ0n) is 18.8. The monoisotopic (exact) mass is 411 g/mol. The van der Waals surface area contributed by atoms with Crippen LogP contribution < -0.4 is 10.2 Å². The van der Waals surface area contributed by atoms with Crippen LogP contribution in [-0.4, -0.2) is 18.1 Å². The maximum absolute atomic E-state index is 4.71. The number of benzene rings is 2. The fourth-order valence-corrected chi connectivity index (χ4v) is 4.34. The molecule has 0 atom stereocenters. The van der Waals surface area contributed by atoms with Crippen molar-refractivity contribution in [1.29, 1.82) is 0 Å². The number of hydrogen-bond acceptors (Lipinski definition) is 3. The van der Waals surface area contributed by atoms with Crippen LogP contribution in [0.25, 0.3) is 11.1 Å². The van der Waals surface area contributed by atoms with Crippen LogP contribution in [0.5, 0.6) is 0 Å². The number of nitrogens with one attached hydrogen (secondary N) is 1. The highest BCUT2D eigenvalue weighted by Gasteiger charge is 2.12. The van der Waals surface area contributed by atoms with Crippen LogP contribution in [0.15, 0.2) is 73.1 Å². The Morgan fingerprint density at radius 3 is 2.55 bits per heavy atom. The summed E-state index contributed by atoms with van der Waals surface area (Å²) >= 11 is 0. The second kappa shape index (κ2) is 9.82. The number of aromatic nitrogens is 1. The number of rotatable bonds is 7. The number of aryl methyl sites for hydroxylation is 2. The van der Waals surface area contributed by atoms with E-state index in [0.29, 0.717) is 0 Å². The van der Waals surface area contributed by atoms with Gasteiger partial charge in [0.25, 0.3) is 0 Å². The molecule has 0 amide bonds. The third kappa shape index (κ3) is 5.55. The molecule has 2 aromatic carbocycles. The first kappa shape index (κ1) is 21.2. The van der Waals surface area contributed by atoms with Crippen molar-refractivity contribution in [3.8, 4) is 11.1 Å². The van der Waals surface area contributed by atoms with Gasteiger partial charge in [0.15, 0.2) is 0 Å². The number of piperidine rings is 1. The van der Waals surface area contributed by atoms with Crippen LogP contribution in [0.1, 0.15) is 41.6 Å². The molecule has 0 saturated carbocycles. The van der Waals surface area contributed by atoms with Crippen molar-refractivity contribution in [1.82, 2.24) is 10.3 Å². The average Bonchev–Trinajstić information content (AvgIpc) is 2.79. The van der Waals surface area contributed by atoms with Crippen molar-refractivity contribution in [2.75, 3.05) is 18.0 Å². The molecule has 1 fully saturated rings. The Morgan fingerprint density at radius 2 is 1.84 bits per heavy atom. The number of anilines is 1. The van der Waals surface area contributed by atoms with E-state index in [4.69, 9.17) is 4.98 Å². The van der Waals surface area contributed by atoms with Gasteiger partial charge >= 0.3 is 0 Å². The molecule has 0 bridgehead atoms. The molecule has 0 unspecified atom stereocenters. The summed E-state index contributed by atoms with van der Waals surface area (Å²) in [6.45, 7) is 11.6. The van der Waals surface area contributed by atoms with Gasteiger partial charge in [-0.15, -0.1) is 0 Å². The fourth-order valence-electron chi connectivity index (χ4n) is 4.34. The lowest BCUT2D eigenvalue weighted by molar-refractivity contribution is 0.578. The van der Waals surface area contributed by atoms with E-state index in [1.165, 1.54) is 65.9 Å². The van der Waals surface area contributed by atoms with Gasteiger partial charge in [0.05, 0.1) is 0 Å². The van der Waals surface area contributed by atoms with Crippen molar-refractivity contribution in [3.05, 3.63) is 95.5 Å². The molecule has 1 N–H and O–H groups in total. The topological polar surface area (TPSA) is 28.2 Å². The van der Waals surface area contributed by atoms with E-state index in [1.54, 1.807) is 0 Å². The molecule has 160 valence electrons. The van der Waals surface area contributed by atoms with Gasteiger partial charge in [0.2, 0.25) is 0 Å². The Kier molecular flexibility index (Phi) is 6.71. The summed E-state index contributed by atoms with van der Waals surface area (Å²) in [4.78, 5) is 7.22. The molecule has 1 aliphatic heterocycles. The third-order valence-corrected chi connectivity index (χ3v) is 6.09. The second-order valence-electron chi connectivity index (χ2n) is 8.71. The molecule has 1 aliphatic rings. The molecule has 0 aliphatic carbocycles. The Hall–Kier alpha value is -3.07. The Bertz CT molecular complexity index is 1030. The zero-order valence-corrected chi connectivity index (χ0v) is 18.8. The lowest BCUT2D eigenvalue weighted by Gasteiger charge is -2.29. The predicted octanol–water partition coefficient (Wildman–Crippen LogP) is 6.20. The van der Waals surface area contributed by atoms with E-state index in [2.05, 4.69) is 85.2 Å². The number of hydrogen-bond donors (Lipinski definition) is 1. The Labute approximate surface area is 186 Å². The quantitative estimate of drug-likeness (QED) is 0.501. The number of pyridine rings is 1. The predicted molar refractivity (Wildman–Crippen MR) is 131 cm³/mol. The maximum Gasteiger partial charge on any atom is 0.0462 e. The van der Waals surface area contributed by atoms with E-state index in [9.17, 15) is 0 Å². The summed E-state index contributed by atoms with van der Waals surface area (Å²) < 4.78 is 0. The van der Waals surface area contributed by atoms with Crippen LogP contribution in [0, 0.1) is 13.8 Å². The summed E-state index contributed by atoms with van der Waals surface area (Å²) in [7, 11) is 0. The highest BCUT2D eigenvalue weighted by Crippen LogP contribution is 2.28. The van der Waals surface area contributed by atoms with E-state index in [0.717, 1.165) is 24.4 Å². The summed E-state index contributed by atoms with van der Waals surface area (Å²) in [5.74, 6) is 0. The standard InChI is InChI=1S/C28H33N3/c1-21-8-7-9-24(16-21)19-29-23(3)18-26-11-10-25(20-30-26)28-13-12-27(17-22(28)2)31-14-5-4-6-15-31/h7-13,16-17,20,29H,3-6,14-15,18-19H2,1-2H3. The van der Waals surface area contributed by atoms with Crippen LogP contribution in [0.3, 0.4) is 0 Å². The summed E-state index contributed by atoms with van der Waals surface area (Å²) in [5, 5.41) is 3.43. The average molecular weight is 412 g/mol. The molecule has 1 aromatic heterocycles. The molecule has 4 rings (SSSR count). The first-order valence-corrected chi connectivity index (χ1v) is 11.4. The van der Waals surface area contributed by atoms with Crippen molar-refractivity contribution in [3.63, 3.8) is 0 Å². The maximum atomic E-state index is 4.71. The van der Waals surface area contributed by atoms with Gasteiger partial charge in [-0.05, 0) is 68.0 Å². The van der Waals surface area contributed by atoms with Crippen LogP contribution in [0.2, 0.25) is 0 Å². The molecule has 0 radical (unpaired) electrons. The lowest BCUT2D eigenvalue weighted by atomic mass is 10.00. The van der Waals surface area contributed by atoms with Gasteiger partial charge in [-0.1, -0.05) is 48.5 Å². The largest absolute Gasteiger partial charge is 0.384 e. The summed E-state index contributed by atoms with van der Waals surface area (Å²) in [5.41, 5.74) is 9.66. The molecule has 0 spiro atoms. The minimum atomic E-state index is 0.735. The van der Waals surface area contributed by atoms with Gasteiger partial charge in [-0.2, -0.15) is 0 Å². The number of allylic oxidation sites excluding steroid dienone is 1. The van der Waals surface area contributed by atoms with E-state index < -0.39 is 0 Å². The first-order valence-electron chi connectivity index (χ1n) is 11.4. The molecule has 1 saturated heterocycles. The third-order valence-electron chi connectivity index (χ3n) is 6.09. The van der Waals surface area contributed by atoms with Gasteiger partial charge in [-0.3, -0.25) is 4.98 Å². The minimum absolute atomic E-state index is 0.735.